The Morgan fingerprint density at radius 2 is 2.24 bits per heavy atom. The average Bonchev–Trinajstić information content (AvgIpc) is 3.03. The second-order valence-electron chi connectivity index (χ2n) is 4.88. The van der Waals surface area contributed by atoms with Gasteiger partial charge in [-0.05, 0) is 34.9 Å². The highest BCUT2D eigenvalue weighted by molar-refractivity contribution is 7.19. The molecule has 21 heavy (non-hydrogen) atoms. The van der Waals surface area contributed by atoms with E-state index < -0.39 is 0 Å². The van der Waals surface area contributed by atoms with Crippen molar-refractivity contribution >= 4 is 27.3 Å². The Morgan fingerprint density at radius 3 is 2.95 bits per heavy atom. The molecule has 3 rings (SSSR count). The van der Waals surface area contributed by atoms with Gasteiger partial charge in [-0.3, -0.25) is 4.79 Å². The van der Waals surface area contributed by atoms with Crippen LogP contribution < -0.4 is 5.32 Å². The smallest absolute Gasteiger partial charge is 0.225 e. The van der Waals surface area contributed by atoms with Gasteiger partial charge in [0.05, 0.1) is 12.5 Å². The molecule has 108 valence electrons. The quantitative estimate of drug-likeness (QED) is 0.798. The van der Waals surface area contributed by atoms with Gasteiger partial charge in [-0.15, -0.1) is 16.4 Å². The number of hydrogen-bond donors (Lipinski definition) is 1. The van der Waals surface area contributed by atoms with Crippen molar-refractivity contribution in [1.29, 1.82) is 0 Å². The van der Waals surface area contributed by atoms with Gasteiger partial charge in [-0.25, -0.2) is 4.68 Å². The highest BCUT2D eigenvalue weighted by Crippen LogP contribution is 2.25. The third kappa shape index (κ3) is 2.92. The lowest BCUT2D eigenvalue weighted by Gasteiger charge is -2.11. The van der Waals surface area contributed by atoms with Gasteiger partial charge in [-0.1, -0.05) is 18.2 Å². The highest BCUT2D eigenvalue weighted by Gasteiger charge is 2.16. The average molecular weight is 301 g/mol. The topological polar surface area (TPSA) is 72.7 Å². The summed E-state index contributed by atoms with van der Waals surface area (Å²) < 4.78 is 2.76. The van der Waals surface area contributed by atoms with Crippen molar-refractivity contribution in [2.24, 2.45) is 7.05 Å². The largest absolute Gasteiger partial charge is 0.346 e. The van der Waals surface area contributed by atoms with E-state index in [0.29, 0.717) is 12.2 Å². The third-order valence-electron chi connectivity index (χ3n) is 3.23. The van der Waals surface area contributed by atoms with E-state index in [1.807, 2.05) is 19.1 Å². The molecule has 0 spiro atoms. The number of aryl methyl sites for hydroxylation is 1. The molecule has 7 heteroatoms. The first kappa shape index (κ1) is 13.7. The van der Waals surface area contributed by atoms with Gasteiger partial charge in [0.2, 0.25) is 5.91 Å². The van der Waals surface area contributed by atoms with Crippen LogP contribution in [0.5, 0.6) is 0 Å². The Labute approximate surface area is 125 Å². The minimum Gasteiger partial charge on any atom is -0.346 e. The number of carbonyl (C=O) groups is 1. The maximum Gasteiger partial charge on any atom is 0.225 e. The second-order valence-corrected chi connectivity index (χ2v) is 6.05. The van der Waals surface area contributed by atoms with Crippen molar-refractivity contribution in [2.75, 3.05) is 0 Å². The van der Waals surface area contributed by atoms with Crippen LogP contribution in [0.2, 0.25) is 0 Å². The molecule has 0 bridgehead atoms. The number of rotatable bonds is 4. The van der Waals surface area contributed by atoms with Crippen molar-refractivity contribution in [1.82, 2.24) is 25.5 Å². The molecule has 0 saturated heterocycles. The number of thiophene rings is 1. The molecule has 1 N–H and O–H groups in total. The molecule has 2 aromatic heterocycles. The zero-order valence-corrected chi connectivity index (χ0v) is 12.6. The molecule has 0 aliphatic carbocycles. The SMILES string of the molecule is CC(NC(=O)Cc1cc2ccccc2s1)c1nnnn1C. The fourth-order valence-corrected chi connectivity index (χ4v) is 3.31. The number of hydrogen-bond acceptors (Lipinski definition) is 5. The van der Waals surface area contributed by atoms with Gasteiger partial charge in [0.25, 0.3) is 0 Å². The number of nitrogens with one attached hydrogen (secondary N) is 1. The van der Waals surface area contributed by atoms with E-state index in [1.165, 1.54) is 10.1 Å². The summed E-state index contributed by atoms with van der Waals surface area (Å²) in [5, 5.41) is 15.3. The number of tetrazole rings is 1. The maximum atomic E-state index is 12.1. The summed E-state index contributed by atoms with van der Waals surface area (Å²) in [7, 11) is 1.75. The van der Waals surface area contributed by atoms with Crippen LogP contribution in [0.4, 0.5) is 0 Å². The van der Waals surface area contributed by atoms with Crippen LogP contribution in [0.1, 0.15) is 23.7 Å². The summed E-state index contributed by atoms with van der Waals surface area (Å²) in [6, 6.07) is 9.98. The zero-order chi connectivity index (χ0) is 14.8. The second kappa shape index (κ2) is 5.61. The standard InChI is InChI=1S/C14H15N5OS/c1-9(14-16-17-18-19(14)2)15-13(20)8-11-7-10-5-3-4-6-12(10)21-11/h3-7,9H,8H2,1-2H3,(H,15,20). The van der Waals surface area contributed by atoms with E-state index >= 15 is 0 Å². The molecule has 1 unspecified atom stereocenters. The first-order valence-corrected chi connectivity index (χ1v) is 7.44. The van der Waals surface area contributed by atoms with Gasteiger partial charge >= 0.3 is 0 Å². The van der Waals surface area contributed by atoms with Crippen molar-refractivity contribution in [3.8, 4) is 0 Å². The fourth-order valence-electron chi connectivity index (χ4n) is 2.24. The van der Waals surface area contributed by atoms with Crippen LogP contribution in [0.25, 0.3) is 10.1 Å². The van der Waals surface area contributed by atoms with Crippen LogP contribution in [0, 0.1) is 0 Å². The Morgan fingerprint density at radius 1 is 1.43 bits per heavy atom. The van der Waals surface area contributed by atoms with Gasteiger partial charge in [0, 0.05) is 16.6 Å². The molecule has 2 heterocycles. The number of carbonyl (C=O) groups excluding carboxylic acids is 1. The monoisotopic (exact) mass is 301 g/mol. The normalized spacial score (nSPS) is 12.5. The Hall–Kier alpha value is -2.28. The predicted octanol–water partition coefficient (Wildman–Crippen LogP) is 1.84. The molecule has 3 aromatic rings. The van der Waals surface area contributed by atoms with Crippen LogP contribution in [-0.2, 0) is 18.3 Å². The van der Waals surface area contributed by atoms with Gasteiger partial charge in [0.15, 0.2) is 5.82 Å². The summed E-state index contributed by atoms with van der Waals surface area (Å²) in [6.45, 7) is 1.87. The Balaban J connectivity index is 1.67. The number of amides is 1. The third-order valence-corrected chi connectivity index (χ3v) is 4.35. The molecule has 1 atom stereocenters. The maximum absolute atomic E-state index is 12.1. The number of aromatic nitrogens is 4. The van der Waals surface area contributed by atoms with E-state index in [4.69, 9.17) is 0 Å². The van der Waals surface area contributed by atoms with Crippen molar-refractivity contribution in [3.05, 3.63) is 41.0 Å². The van der Waals surface area contributed by atoms with E-state index in [0.717, 1.165) is 4.88 Å². The van der Waals surface area contributed by atoms with Crippen LogP contribution in [-0.4, -0.2) is 26.1 Å². The van der Waals surface area contributed by atoms with Crippen molar-refractivity contribution in [3.63, 3.8) is 0 Å². The van der Waals surface area contributed by atoms with E-state index in [1.54, 1.807) is 23.1 Å². The zero-order valence-electron chi connectivity index (χ0n) is 11.8. The molecular weight excluding hydrogens is 286 g/mol. The minimum atomic E-state index is -0.216. The number of benzene rings is 1. The lowest BCUT2D eigenvalue weighted by atomic mass is 10.2. The fraction of sp³-hybridized carbons (Fsp3) is 0.286. The van der Waals surface area contributed by atoms with Crippen LogP contribution in [0.3, 0.4) is 0 Å². The molecule has 0 aliphatic rings. The van der Waals surface area contributed by atoms with E-state index in [-0.39, 0.29) is 11.9 Å². The summed E-state index contributed by atoms with van der Waals surface area (Å²) in [5.74, 6) is 0.608. The van der Waals surface area contributed by atoms with Crippen molar-refractivity contribution in [2.45, 2.75) is 19.4 Å². The Bertz CT molecular complexity index is 745. The number of nitrogens with zero attached hydrogens (tertiary/aromatic N) is 4. The van der Waals surface area contributed by atoms with Crippen LogP contribution >= 0.6 is 11.3 Å². The lowest BCUT2D eigenvalue weighted by molar-refractivity contribution is -0.121. The van der Waals surface area contributed by atoms with Gasteiger partial charge in [0.1, 0.15) is 0 Å². The number of fused-ring (bicyclic) bond motifs is 1. The van der Waals surface area contributed by atoms with Gasteiger partial charge in [-0.2, -0.15) is 0 Å². The summed E-state index contributed by atoms with van der Waals surface area (Å²) in [6.07, 6.45) is 0.370. The van der Waals surface area contributed by atoms with Crippen LogP contribution in [0.15, 0.2) is 30.3 Å². The van der Waals surface area contributed by atoms with E-state index in [2.05, 4.69) is 39.0 Å². The predicted molar refractivity (Wildman–Crippen MR) is 80.9 cm³/mol. The minimum absolute atomic E-state index is 0.0305. The Kier molecular flexibility index (Phi) is 3.66. The molecule has 0 fully saturated rings. The molecule has 6 nitrogen and oxygen atoms in total. The molecular formula is C14H15N5OS. The summed E-state index contributed by atoms with van der Waals surface area (Å²) in [4.78, 5) is 13.2. The van der Waals surface area contributed by atoms with Gasteiger partial charge < -0.3 is 5.32 Å². The van der Waals surface area contributed by atoms with Crippen molar-refractivity contribution < 1.29 is 4.79 Å². The molecule has 0 radical (unpaired) electrons. The lowest BCUT2D eigenvalue weighted by Crippen LogP contribution is -2.29. The molecule has 0 saturated carbocycles. The van der Waals surface area contributed by atoms with E-state index in [9.17, 15) is 4.79 Å². The summed E-state index contributed by atoms with van der Waals surface area (Å²) >= 11 is 1.65. The molecule has 1 amide bonds. The molecule has 0 aliphatic heterocycles. The summed E-state index contributed by atoms with van der Waals surface area (Å²) in [5.41, 5.74) is 0. The highest BCUT2D eigenvalue weighted by atomic mass is 32.1. The molecule has 1 aromatic carbocycles. The first-order chi connectivity index (χ1) is 10.1. The first-order valence-electron chi connectivity index (χ1n) is 6.62.